The van der Waals surface area contributed by atoms with E-state index < -0.39 is 0 Å². The fourth-order valence-corrected chi connectivity index (χ4v) is 3.37. The molecule has 0 saturated heterocycles. The van der Waals surface area contributed by atoms with Crippen molar-refractivity contribution in [1.29, 1.82) is 0 Å². The summed E-state index contributed by atoms with van der Waals surface area (Å²) in [6.45, 7) is 0.518. The molecule has 0 aliphatic carbocycles. The second-order valence-electron chi connectivity index (χ2n) is 6.83. The van der Waals surface area contributed by atoms with Crippen molar-refractivity contribution in [3.63, 3.8) is 0 Å². The van der Waals surface area contributed by atoms with Gasteiger partial charge in [-0.2, -0.15) is 0 Å². The number of fused-ring (bicyclic) bond motifs is 1. The van der Waals surface area contributed by atoms with E-state index >= 15 is 0 Å². The first-order chi connectivity index (χ1) is 13.6. The van der Waals surface area contributed by atoms with Crippen LogP contribution in [0, 0.1) is 0 Å². The minimum absolute atomic E-state index is 0.0724. The molecule has 1 heterocycles. The van der Waals surface area contributed by atoms with Crippen LogP contribution in [-0.4, -0.2) is 22.4 Å². The number of carbonyl (C=O) groups excluding carboxylic acids is 1. The summed E-state index contributed by atoms with van der Waals surface area (Å²) < 4.78 is 8.08. The molecule has 0 fully saturated rings. The highest BCUT2D eigenvalue weighted by Crippen LogP contribution is 2.27. The van der Waals surface area contributed by atoms with Gasteiger partial charge >= 0.3 is 0 Å². The van der Waals surface area contributed by atoms with Crippen LogP contribution >= 0.6 is 0 Å². The molecule has 1 aromatic heterocycles. The first kappa shape index (κ1) is 17.9. The molecule has 3 aromatic carbocycles. The maximum Gasteiger partial charge on any atom is 0.257 e. The summed E-state index contributed by atoms with van der Waals surface area (Å²) in [7, 11) is 3.85. The number of benzene rings is 3. The standard InChI is InChI=1S/C24H22N2O2/c1-25(17-19-16-18-10-6-8-14-22(18)26(19)2)24(27)21-13-7-9-15-23(21)28-20-11-4-3-5-12-20/h3-16H,17H2,1-2H3. The molecule has 1 amide bonds. The van der Waals surface area contributed by atoms with Gasteiger partial charge in [-0.05, 0) is 41.8 Å². The number of carbonyl (C=O) groups is 1. The first-order valence-corrected chi connectivity index (χ1v) is 9.24. The molecule has 140 valence electrons. The van der Waals surface area contributed by atoms with Crippen LogP contribution in [-0.2, 0) is 13.6 Å². The lowest BCUT2D eigenvalue weighted by molar-refractivity contribution is 0.0780. The maximum atomic E-state index is 13.1. The molecule has 28 heavy (non-hydrogen) atoms. The number of aromatic nitrogens is 1. The third-order valence-electron chi connectivity index (χ3n) is 4.89. The van der Waals surface area contributed by atoms with Crippen LogP contribution in [0.4, 0.5) is 0 Å². The topological polar surface area (TPSA) is 34.5 Å². The van der Waals surface area contributed by atoms with Crippen molar-refractivity contribution in [3.05, 3.63) is 96.2 Å². The van der Waals surface area contributed by atoms with E-state index in [4.69, 9.17) is 4.74 Å². The van der Waals surface area contributed by atoms with Crippen molar-refractivity contribution in [3.8, 4) is 11.5 Å². The highest BCUT2D eigenvalue weighted by atomic mass is 16.5. The number of hydrogen-bond acceptors (Lipinski definition) is 2. The third-order valence-corrected chi connectivity index (χ3v) is 4.89. The average molecular weight is 370 g/mol. The quantitative estimate of drug-likeness (QED) is 0.481. The lowest BCUT2D eigenvalue weighted by Gasteiger charge is -2.19. The molecule has 0 radical (unpaired) electrons. The summed E-state index contributed by atoms with van der Waals surface area (Å²) in [5.74, 6) is 1.19. The molecule has 4 aromatic rings. The second kappa shape index (κ2) is 7.61. The van der Waals surface area contributed by atoms with Crippen molar-refractivity contribution in [2.75, 3.05) is 7.05 Å². The zero-order chi connectivity index (χ0) is 19.5. The summed E-state index contributed by atoms with van der Waals surface area (Å²) in [5.41, 5.74) is 2.79. The Bertz CT molecular complexity index is 1120. The van der Waals surface area contributed by atoms with Crippen LogP contribution in [0.5, 0.6) is 11.5 Å². The number of para-hydroxylation sites is 3. The Morgan fingerprint density at radius 2 is 1.61 bits per heavy atom. The predicted molar refractivity (Wildman–Crippen MR) is 112 cm³/mol. The number of rotatable bonds is 5. The van der Waals surface area contributed by atoms with Crippen molar-refractivity contribution < 1.29 is 9.53 Å². The number of nitrogens with zero attached hydrogens (tertiary/aromatic N) is 2. The maximum absolute atomic E-state index is 13.1. The zero-order valence-electron chi connectivity index (χ0n) is 16.0. The van der Waals surface area contributed by atoms with Gasteiger partial charge in [0.15, 0.2) is 0 Å². The molecule has 0 spiro atoms. The Kier molecular flexibility index (Phi) is 4.85. The predicted octanol–water partition coefficient (Wildman–Crippen LogP) is 5.24. The van der Waals surface area contributed by atoms with E-state index in [0.29, 0.717) is 23.6 Å². The Hall–Kier alpha value is -3.53. The van der Waals surface area contributed by atoms with Crippen molar-refractivity contribution in [2.45, 2.75) is 6.54 Å². The minimum atomic E-state index is -0.0724. The zero-order valence-corrected chi connectivity index (χ0v) is 16.0. The first-order valence-electron chi connectivity index (χ1n) is 9.24. The molecular formula is C24H22N2O2. The van der Waals surface area contributed by atoms with Gasteiger partial charge in [0.05, 0.1) is 12.1 Å². The van der Waals surface area contributed by atoms with Gasteiger partial charge in [0.1, 0.15) is 11.5 Å². The van der Waals surface area contributed by atoms with Crippen LogP contribution in [0.2, 0.25) is 0 Å². The molecule has 4 heteroatoms. The van der Waals surface area contributed by atoms with Crippen LogP contribution in [0.15, 0.2) is 84.9 Å². The van der Waals surface area contributed by atoms with E-state index in [0.717, 1.165) is 11.2 Å². The molecule has 0 unspecified atom stereocenters. The van der Waals surface area contributed by atoms with Gasteiger partial charge in [-0.25, -0.2) is 0 Å². The average Bonchev–Trinajstić information content (AvgIpc) is 3.04. The SMILES string of the molecule is CN(Cc1cc2ccccc2n1C)C(=O)c1ccccc1Oc1ccccc1. The summed E-state index contributed by atoms with van der Waals surface area (Å²) in [6.07, 6.45) is 0. The molecule has 4 rings (SSSR count). The fourth-order valence-electron chi connectivity index (χ4n) is 3.37. The highest BCUT2D eigenvalue weighted by Gasteiger charge is 2.18. The Balaban J connectivity index is 1.58. The molecule has 0 aliphatic heterocycles. The number of amides is 1. The smallest absolute Gasteiger partial charge is 0.257 e. The summed E-state index contributed by atoms with van der Waals surface area (Å²) >= 11 is 0. The van der Waals surface area contributed by atoms with E-state index in [-0.39, 0.29) is 5.91 Å². The number of ether oxygens (including phenoxy) is 1. The van der Waals surface area contributed by atoms with E-state index in [1.807, 2.05) is 74.8 Å². The van der Waals surface area contributed by atoms with Gasteiger partial charge in [0, 0.05) is 25.3 Å². The monoisotopic (exact) mass is 370 g/mol. The second-order valence-corrected chi connectivity index (χ2v) is 6.83. The molecule has 0 atom stereocenters. The largest absolute Gasteiger partial charge is 0.457 e. The van der Waals surface area contributed by atoms with Crippen LogP contribution in [0.25, 0.3) is 10.9 Å². The van der Waals surface area contributed by atoms with E-state index in [1.54, 1.807) is 11.0 Å². The molecular weight excluding hydrogens is 348 g/mol. The van der Waals surface area contributed by atoms with Crippen molar-refractivity contribution in [1.82, 2.24) is 9.47 Å². The Morgan fingerprint density at radius 3 is 2.39 bits per heavy atom. The van der Waals surface area contributed by atoms with Crippen molar-refractivity contribution in [2.24, 2.45) is 7.05 Å². The van der Waals surface area contributed by atoms with Gasteiger partial charge in [0.25, 0.3) is 5.91 Å². The summed E-state index contributed by atoms with van der Waals surface area (Å²) in [4.78, 5) is 14.8. The van der Waals surface area contributed by atoms with E-state index in [2.05, 4.69) is 22.8 Å². The Labute approximate surface area is 164 Å². The highest BCUT2D eigenvalue weighted by molar-refractivity contribution is 5.97. The third kappa shape index (κ3) is 3.49. The summed E-state index contributed by atoms with van der Waals surface area (Å²) in [6, 6.07) is 27.2. The number of hydrogen-bond donors (Lipinski definition) is 0. The van der Waals surface area contributed by atoms with Gasteiger partial charge in [-0.15, -0.1) is 0 Å². The van der Waals surface area contributed by atoms with Crippen LogP contribution in [0.1, 0.15) is 16.1 Å². The van der Waals surface area contributed by atoms with Crippen molar-refractivity contribution >= 4 is 16.8 Å². The fraction of sp³-hybridized carbons (Fsp3) is 0.125. The molecule has 0 N–H and O–H groups in total. The van der Waals surface area contributed by atoms with Crippen LogP contribution < -0.4 is 4.74 Å². The minimum Gasteiger partial charge on any atom is -0.457 e. The van der Waals surface area contributed by atoms with Crippen LogP contribution in [0.3, 0.4) is 0 Å². The molecule has 0 saturated carbocycles. The van der Waals surface area contributed by atoms with E-state index in [9.17, 15) is 4.79 Å². The lowest BCUT2D eigenvalue weighted by Crippen LogP contribution is -2.27. The van der Waals surface area contributed by atoms with Gasteiger partial charge in [0.2, 0.25) is 0 Å². The van der Waals surface area contributed by atoms with Gasteiger partial charge < -0.3 is 14.2 Å². The van der Waals surface area contributed by atoms with Gasteiger partial charge in [-0.1, -0.05) is 48.5 Å². The Morgan fingerprint density at radius 1 is 0.929 bits per heavy atom. The van der Waals surface area contributed by atoms with Gasteiger partial charge in [-0.3, -0.25) is 4.79 Å². The molecule has 0 bridgehead atoms. The van der Waals surface area contributed by atoms with E-state index in [1.165, 1.54) is 5.39 Å². The molecule has 0 aliphatic rings. The number of aryl methyl sites for hydroxylation is 1. The lowest BCUT2D eigenvalue weighted by atomic mass is 10.1. The summed E-state index contributed by atoms with van der Waals surface area (Å²) in [5, 5.41) is 1.17. The molecule has 4 nitrogen and oxygen atoms in total. The normalized spacial score (nSPS) is 10.8.